The first kappa shape index (κ1) is 16.6. The molecule has 1 N–H and O–H groups in total. The van der Waals surface area contributed by atoms with Crippen molar-refractivity contribution in [2.24, 2.45) is 5.92 Å². The lowest BCUT2D eigenvalue weighted by molar-refractivity contribution is -0.384. The van der Waals surface area contributed by atoms with Crippen LogP contribution in [0.15, 0.2) is 29.3 Å². The van der Waals surface area contributed by atoms with E-state index in [1.807, 2.05) is 20.8 Å². The lowest BCUT2D eigenvalue weighted by atomic mass is 10.1. The maximum atomic E-state index is 12.4. The molecule has 122 valence electrons. The molecule has 1 atom stereocenters. The number of non-ortho nitro benzene ring substituents is 1. The number of carbonyl (C=O) groups excluding carboxylic acids is 1. The second-order valence-corrected chi connectivity index (χ2v) is 5.74. The Morgan fingerprint density at radius 1 is 1.39 bits per heavy atom. The highest BCUT2D eigenvalue weighted by atomic mass is 16.6. The SMILES string of the molecule is CC(C)C(C)NC(=O)Cn1cnc2ccc([N+](=O)[O-])cc2c1=O. The predicted octanol–water partition coefficient (Wildman–Crippen LogP) is 1.47. The van der Waals surface area contributed by atoms with E-state index in [1.165, 1.54) is 24.5 Å². The molecule has 1 heterocycles. The molecule has 0 bridgehead atoms. The van der Waals surface area contributed by atoms with Gasteiger partial charge < -0.3 is 5.32 Å². The number of nitrogens with zero attached hydrogens (tertiary/aromatic N) is 3. The molecule has 1 aromatic heterocycles. The molecule has 0 aliphatic carbocycles. The van der Waals surface area contributed by atoms with Crippen molar-refractivity contribution in [3.8, 4) is 0 Å². The van der Waals surface area contributed by atoms with Crippen LogP contribution >= 0.6 is 0 Å². The molecular formula is C15H18N4O4. The van der Waals surface area contributed by atoms with Crippen LogP contribution in [-0.4, -0.2) is 26.4 Å². The van der Waals surface area contributed by atoms with Crippen LogP contribution in [0.1, 0.15) is 20.8 Å². The maximum absolute atomic E-state index is 12.4. The molecule has 1 amide bonds. The van der Waals surface area contributed by atoms with E-state index in [2.05, 4.69) is 10.3 Å². The van der Waals surface area contributed by atoms with E-state index >= 15 is 0 Å². The molecule has 8 heteroatoms. The van der Waals surface area contributed by atoms with Crippen molar-refractivity contribution in [1.29, 1.82) is 0 Å². The summed E-state index contributed by atoms with van der Waals surface area (Å²) in [6.07, 6.45) is 1.27. The summed E-state index contributed by atoms with van der Waals surface area (Å²) < 4.78 is 1.15. The van der Waals surface area contributed by atoms with Gasteiger partial charge in [0.2, 0.25) is 5.91 Å². The van der Waals surface area contributed by atoms with Gasteiger partial charge >= 0.3 is 0 Å². The van der Waals surface area contributed by atoms with Gasteiger partial charge in [-0.1, -0.05) is 13.8 Å². The second-order valence-electron chi connectivity index (χ2n) is 5.74. The Labute approximate surface area is 132 Å². The summed E-state index contributed by atoms with van der Waals surface area (Å²) in [5.41, 5.74) is -0.314. The van der Waals surface area contributed by atoms with Crippen molar-refractivity contribution < 1.29 is 9.72 Å². The summed E-state index contributed by atoms with van der Waals surface area (Å²) in [4.78, 5) is 38.7. The lowest BCUT2D eigenvalue weighted by Gasteiger charge is -2.17. The van der Waals surface area contributed by atoms with Crippen LogP contribution in [0.25, 0.3) is 10.9 Å². The number of fused-ring (bicyclic) bond motifs is 1. The first-order valence-electron chi connectivity index (χ1n) is 7.22. The molecule has 23 heavy (non-hydrogen) atoms. The van der Waals surface area contributed by atoms with E-state index in [9.17, 15) is 19.7 Å². The molecule has 0 saturated carbocycles. The second kappa shape index (κ2) is 6.55. The fraction of sp³-hybridized carbons (Fsp3) is 0.400. The van der Waals surface area contributed by atoms with Gasteiger partial charge in [0.05, 0.1) is 22.2 Å². The highest BCUT2D eigenvalue weighted by Gasteiger charge is 2.14. The zero-order valence-electron chi connectivity index (χ0n) is 13.1. The Morgan fingerprint density at radius 2 is 2.09 bits per heavy atom. The molecule has 0 aliphatic heterocycles. The molecule has 1 aromatic carbocycles. The van der Waals surface area contributed by atoms with Crippen molar-refractivity contribution in [2.45, 2.75) is 33.4 Å². The number of nitro groups is 1. The molecule has 1 unspecified atom stereocenters. The quantitative estimate of drug-likeness (QED) is 0.663. The van der Waals surface area contributed by atoms with Gasteiger partial charge in [-0.25, -0.2) is 4.98 Å². The van der Waals surface area contributed by atoms with E-state index < -0.39 is 10.5 Å². The molecule has 0 fully saturated rings. The average Bonchev–Trinajstić information content (AvgIpc) is 2.49. The van der Waals surface area contributed by atoms with Crippen LogP contribution in [0.4, 0.5) is 5.69 Å². The molecule has 2 aromatic rings. The van der Waals surface area contributed by atoms with Crippen LogP contribution in [0, 0.1) is 16.0 Å². The predicted molar refractivity (Wildman–Crippen MR) is 85.1 cm³/mol. The van der Waals surface area contributed by atoms with Crippen LogP contribution in [0.5, 0.6) is 0 Å². The summed E-state index contributed by atoms with van der Waals surface area (Å²) in [5.74, 6) is -0.0343. The Bertz CT molecular complexity index is 813. The fourth-order valence-electron chi connectivity index (χ4n) is 1.99. The molecule has 8 nitrogen and oxygen atoms in total. The van der Waals surface area contributed by atoms with E-state index in [4.69, 9.17) is 0 Å². The molecular weight excluding hydrogens is 300 g/mol. The van der Waals surface area contributed by atoms with E-state index in [0.29, 0.717) is 5.52 Å². The number of rotatable bonds is 5. The molecule has 0 saturated heterocycles. The highest BCUT2D eigenvalue weighted by molar-refractivity contribution is 5.81. The van der Waals surface area contributed by atoms with Gasteiger partial charge in [-0.3, -0.25) is 24.3 Å². The summed E-state index contributed by atoms with van der Waals surface area (Å²) in [6.45, 7) is 5.66. The number of benzene rings is 1. The first-order chi connectivity index (χ1) is 10.8. The van der Waals surface area contributed by atoms with E-state index in [-0.39, 0.29) is 35.5 Å². The Morgan fingerprint density at radius 3 is 2.70 bits per heavy atom. The van der Waals surface area contributed by atoms with E-state index in [0.717, 1.165) is 4.57 Å². The Balaban J connectivity index is 2.31. The average molecular weight is 318 g/mol. The van der Waals surface area contributed by atoms with Crippen LogP contribution in [0.2, 0.25) is 0 Å². The third kappa shape index (κ3) is 3.71. The van der Waals surface area contributed by atoms with Crippen molar-refractivity contribution in [2.75, 3.05) is 0 Å². The summed E-state index contributed by atoms with van der Waals surface area (Å²) in [6, 6.07) is 3.86. The van der Waals surface area contributed by atoms with Crippen molar-refractivity contribution in [1.82, 2.24) is 14.9 Å². The highest BCUT2D eigenvalue weighted by Crippen LogP contribution is 2.16. The number of carbonyl (C=O) groups is 1. The fourth-order valence-corrected chi connectivity index (χ4v) is 1.99. The standard InChI is InChI=1S/C15H18N4O4/c1-9(2)10(3)17-14(20)7-18-8-16-13-5-4-11(19(22)23)6-12(13)15(18)21/h4-6,8-10H,7H2,1-3H3,(H,17,20). The Hall–Kier alpha value is -2.77. The summed E-state index contributed by atoms with van der Waals surface area (Å²) >= 11 is 0. The van der Waals surface area contributed by atoms with Crippen LogP contribution in [-0.2, 0) is 11.3 Å². The van der Waals surface area contributed by atoms with Gasteiger partial charge in [-0.15, -0.1) is 0 Å². The van der Waals surface area contributed by atoms with Gasteiger partial charge in [0.15, 0.2) is 0 Å². The summed E-state index contributed by atoms with van der Waals surface area (Å²) in [7, 11) is 0. The number of hydrogen-bond donors (Lipinski definition) is 1. The normalized spacial score (nSPS) is 12.3. The number of nitrogens with one attached hydrogen (secondary N) is 1. The minimum absolute atomic E-state index is 0.0206. The summed E-state index contributed by atoms with van der Waals surface area (Å²) in [5, 5.41) is 13.7. The monoisotopic (exact) mass is 318 g/mol. The van der Waals surface area contributed by atoms with Crippen molar-refractivity contribution in [3.63, 3.8) is 0 Å². The third-order valence-electron chi connectivity index (χ3n) is 3.72. The molecule has 0 radical (unpaired) electrons. The Kier molecular flexibility index (Phi) is 4.73. The van der Waals surface area contributed by atoms with E-state index in [1.54, 1.807) is 0 Å². The smallest absolute Gasteiger partial charge is 0.270 e. The van der Waals surface area contributed by atoms with Crippen LogP contribution < -0.4 is 10.9 Å². The largest absolute Gasteiger partial charge is 0.352 e. The van der Waals surface area contributed by atoms with Crippen LogP contribution in [0.3, 0.4) is 0 Å². The van der Waals surface area contributed by atoms with Gasteiger partial charge in [0.1, 0.15) is 6.54 Å². The number of hydrogen-bond acceptors (Lipinski definition) is 5. The number of nitro benzene ring substituents is 1. The maximum Gasteiger partial charge on any atom is 0.270 e. The zero-order chi connectivity index (χ0) is 17.1. The zero-order valence-corrected chi connectivity index (χ0v) is 13.1. The molecule has 0 aliphatic rings. The van der Waals surface area contributed by atoms with Crippen molar-refractivity contribution >= 4 is 22.5 Å². The topological polar surface area (TPSA) is 107 Å². The molecule has 0 spiro atoms. The first-order valence-corrected chi connectivity index (χ1v) is 7.22. The third-order valence-corrected chi connectivity index (χ3v) is 3.72. The molecule has 2 rings (SSSR count). The minimum Gasteiger partial charge on any atom is -0.352 e. The van der Waals surface area contributed by atoms with Gasteiger partial charge in [-0.05, 0) is 18.9 Å². The van der Waals surface area contributed by atoms with Gasteiger partial charge in [0, 0.05) is 18.2 Å². The minimum atomic E-state index is -0.576. The van der Waals surface area contributed by atoms with Gasteiger partial charge in [0.25, 0.3) is 11.2 Å². The lowest BCUT2D eigenvalue weighted by Crippen LogP contribution is -2.39. The van der Waals surface area contributed by atoms with Gasteiger partial charge in [-0.2, -0.15) is 0 Å². The number of aromatic nitrogens is 2. The van der Waals surface area contributed by atoms with Crippen molar-refractivity contribution in [3.05, 3.63) is 45.0 Å². The number of amides is 1.